The monoisotopic (exact) mass is 360 g/mol. The van der Waals surface area contributed by atoms with Crippen LogP contribution >= 0.6 is 23.2 Å². The van der Waals surface area contributed by atoms with Gasteiger partial charge < -0.3 is 4.57 Å². The standard InChI is InChI=1S/C11H9Cl2F3N2O2S/c1-21(19,20)5-18-9-3-7(13)6(12)2-8(9)17-10(18)4-11(14,15)16/h2-3H,4-5H2,1H3. The lowest BCUT2D eigenvalue weighted by Crippen LogP contribution is -2.18. The summed E-state index contributed by atoms with van der Waals surface area (Å²) in [5.74, 6) is -1.02. The zero-order chi connectivity index (χ0) is 16.0. The summed E-state index contributed by atoms with van der Waals surface area (Å²) in [4.78, 5) is 3.82. The van der Waals surface area contributed by atoms with Crippen LogP contribution in [0.25, 0.3) is 11.0 Å². The minimum atomic E-state index is -4.51. The van der Waals surface area contributed by atoms with Gasteiger partial charge in [0, 0.05) is 6.26 Å². The molecule has 0 aliphatic carbocycles. The molecular formula is C11H9Cl2F3N2O2S. The molecule has 0 aliphatic rings. The highest BCUT2D eigenvalue weighted by Gasteiger charge is 2.31. The van der Waals surface area contributed by atoms with Gasteiger partial charge in [-0.3, -0.25) is 0 Å². The van der Waals surface area contributed by atoms with E-state index in [1.54, 1.807) is 0 Å². The van der Waals surface area contributed by atoms with Crippen molar-refractivity contribution < 1.29 is 21.6 Å². The third-order valence-electron chi connectivity index (χ3n) is 2.59. The molecule has 116 valence electrons. The first-order chi connectivity index (χ1) is 9.46. The molecule has 1 aromatic heterocycles. The lowest BCUT2D eigenvalue weighted by Gasteiger charge is -2.10. The second-order valence-electron chi connectivity index (χ2n) is 4.56. The van der Waals surface area contributed by atoms with E-state index < -0.39 is 34.1 Å². The number of alkyl halides is 3. The van der Waals surface area contributed by atoms with Crippen LogP contribution in [0.15, 0.2) is 12.1 Å². The Kier molecular flexibility index (Phi) is 4.16. The number of aromatic nitrogens is 2. The normalized spacial score (nSPS) is 13.0. The van der Waals surface area contributed by atoms with E-state index in [0.717, 1.165) is 10.8 Å². The van der Waals surface area contributed by atoms with Crippen LogP contribution < -0.4 is 0 Å². The first-order valence-corrected chi connectivity index (χ1v) is 8.36. The molecule has 4 nitrogen and oxygen atoms in total. The van der Waals surface area contributed by atoms with Crippen molar-refractivity contribution in [2.24, 2.45) is 0 Å². The smallest absolute Gasteiger partial charge is 0.313 e. The maximum atomic E-state index is 12.6. The molecule has 10 heteroatoms. The van der Waals surface area contributed by atoms with Crippen molar-refractivity contribution in [3.05, 3.63) is 28.0 Å². The molecule has 1 heterocycles. The van der Waals surface area contributed by atoms with Gasteiger partial charge in [-0.05, 0) is 12.1 Å². The highest BCUT2D eigenvalue weighted by Crippen LogP contribution is 2.30. The molecule has 0 N–H and O–H groups in total. The average Bonchev–Trinajstić information content (AvgIpc) is 2.53. The lowest BCUT2D eigenvalue weighted by molar-refractivity contribution is -0.128. The minimum absolute atomic E-state index is 0.109. The largest absolute Gasteiger partial charge is 0.396 e. The van der Waals surface area contributed by atoms with Crippen LogP contribution in [0.5, 0.6) is 0 Å². The van der Waals surface area contributed by atoms with E-state index in [1.165, 1.54) is 12.1 Å². The number of sulfone groups is 1. The van der Waals surface area contributed by atoms with Crippen LogP contribution in [0.4, 0.5) is 13.2 Å². The van der Waals surface area contributed by atoms with Gasteiger partial charge in [-0.2, -0.15) is 13.2 Å². The molecule has 0 unspecified atom stereocenters. The topological polar surface area (TPSA) is 52.0 Å². The van der Waals surface area contributed by atoms with Crippen LogP contribution in [0.1, 0.15) is 5.82 Å². The van der Waals surface area contributed by atoms with Crippen LogP contribution in [0, 0.1) is 0 Å². The van der Waals surface area contributed by atoms with Gasteiger partial charge in [0.2, 0.25) is 0 Å². The first kappa shape index (κ1) is 16.4. The summed E-state index contributed by atoms with van der Waals surface area (Å²) in [6.07, 6.45) is -4.93. The number of nitrogens with zero attached hydrogens (tertiary/aromatic N) is 2. The molecule has 0 saturated carbocycles. The summed E-state index contributed by atoms with van der Waals surface area (Å²) in [7, 11) is -3.56. The SMILES string of the molecule is CS(=O)(=O)Cn1c(CC(F)(F)F)nc2cc(Cl)c(Cl)cc21. The lowest BCUT2D eigenvalue weighted by atomic mass is 10.3. The van der Waals surface area contributed by atoms with Crippen molar-refractivity contribution in [1.82, 2.24) is 9.55 Å². The van der Waals surface area contributed by atoms with Crippen molar-refractivity contribution in [1.29, 1.82) is 0 Å². The van der Waals surface area contributed by atoms with E-state index >= 15 is 0 Å². The fourth-order valence-corrected chi connectivity index (χ4v) is 2.94. The molecule has 0 atom stereocenters. The van der Waals surface area contributed by atoms with E-state index in [-0.39, 0.29) is 21.1 Å². The van der Waals surface area contributed by atoms with Gasteiger partial charge in [-0.1, -0.05) is 23.2 Å². The highest BCUT2D eigenvalue weighted by atomic mass is 35.5. The summed E-state index contributed by atoms with van der Waals surface area (Å²) in [6, 6.07) is 2.61. The Labute approximate surface area is 128 Å². The molecule has 0 amide bonds. The summed E-state index contributed by atoms with van der Waals surface area (Å²) in [5, 5.41) is 0.240. The van der Waals surface area contributed by atoms with Crippen LogP contribution in [0.2, 0.25) is 10.0 Å². The predicted octanol–water partition coefficient (Wildman–Crippen LogP) is 3.45. The van der Waals surface area contributed by atoms with E-state index in [2.05, 4.69) is 4.98 Å². The Hall–Kier alpha value is -0.990. The summed E-state index contributed by atoms with van der Waals surface area (Å²) in [6.45, 7) is 0. The van der Waals surface area contributed by atoms with Crippen molar-refractivity contribution in [3.8, 4) is 0 Å². The predicted molar refractivity (Wildman–Crippen MR) is 74.4 cm³/mol. The molecule has 0 bridgehead atoms. The maximum Gasteiger partial charge on any atom is 0.396 e. The van der Waals surface area contributed by atoms with E-state index in [9.17, 15) is 21.6 Å². The molecule has 0 fully saturated rings. The van der Waals surface area contributed by atoms with Gasteiger partial charge in [0.05, 0.1) is 21.1 Å². The van der Waals surface area contributed by atoms with Crippen molar-refractivity contribution in [2.75, 3.05) is 6.26 Å². The molecule has 0 radical (unpaired) electrons. The third kappa shape index (κ3) is 4.02. The van der Waals surface area contributed by atoms with Crippen LogP contribution in [0.3, 0.4) is 0 Å². The second kappa shape index (κ2) is 5.33. The average molecular weight is 361 g/mol. The van der Waals surface area contributed by atoms with Gasteiger partial charge in [-0.15, -0.1) is 0 Å². The number of halogens is 5. The molecule has 1 aromatic carbocycles. The Bertz CT molecular complexity index is 800. The molecular weight excluding hydrogens is 352 g/mol. The van der Waals surface area contributed by atoms with Gasteiger partial charge >= 0.3 is 6.18 Å². The highest BCUT2D eigenvalue weighted by molar-refractivity contribution is 7.89. The summed E-state index contributed by atoms with van der Waals surface area (Å²) in [5.41, 5.74) is 0.348. The van der Waals surface area contributed by atoms with Gasteiger partial charge in [0.1, 0.15) is 18.1 Å². The Morgan fingerprint density at radius 1 is 1.24 bits per heavy atom. The molecule has 2 aromatic rings. The number of rotatable bonds is 3. The van der Waals surface area contributed by atoms with Crippen molar-refractivity contribution in [2.45, 2.75) is 18.5 Å². The Morgan fingerprint density at radius 3 is 2.33 bits per heavy atom. The molecule has 2 rings (SSSR count). The van der Waals surface area contributed by atoms with E-state index in [4.69, 9.17) is 23.2 Å². The fraction of sp³-hybridized carbons (Fsp3) is 0.364. The van der Waals surface area contributed by atoms with Crippen LogP contribution in [-0.2, 0) is 22.1 Å². The van der Waals surface area contributed by atoms with Gasteiger partial charge in [0.25, 0.3) is 0 Å². The molecule has 0 aliphatic heterocycles. The third-order valence-corrected chi connectivity index (χ3v) is 4.04. The molecule has 0 spiro atoms. The molecule has 0 saturated heterocycles. The van der Waals surface area contributed by atoms with Gasteiger partial charge in [0.15, 0.2) is 9.84 Å². The fourth-order valence-electron chi connectivity index (χ4n) is 1.86. The summed E-state index contributed by atoms with van der Waals surface area (Å²) >= 11 is 11.6. The zero-order valence-electron chi connectivity index (χ0n) is 10.6. The zero-order valence-corrected chi connectivity index (χ0v) is 12.9. The first-order valence-electron chi connectivity index (χ1n) is 5.55. The van der Waals surface area contributed by atoms with E-state index in [1.807, 2.05) is 0 Å². The molecule has 21 heavy (non-hydrogen) atoms. The number of imidazole rings is 1. The number of hydrogen-bond donors (Lipinski definition) is 0. The van der Waals surface area contributed by atoms with Crippen molar-refractivity contribution in [3.63, 3.8) is 0 Å². The Balaban J connectivity index is 2.68. The maximum absolute atomic E-state index is 12.6. The number of hydrogen-bond acceptors (Lipinski definition) is 3. The minimum Gasteiger partial charge on any atom is -0.313 e. The van der Waals surface area contributed by atoms with E-state index in [0.29, 0.717) is 0 Å². The quantitative estimate of drug-likeness (QED) is 0.842. The van der Waals surface area contributed by atoms with Crippen molar-refractivity contribution >= 4 is 44.1 Å². The van der Waals surface area contributed by atoms with Gasteiger partial charge in [-0.25, -0.2) is 13.4 Å². The Morgan fingerprint density at radius 2 is 1.81 bits per heavy atom. The second-order valence-corrected chi connectivity index (χ2v) is 7.48. The number of benzene rings is 1. The summed E-state index contributed by atoms with van der Waals surface area (Å²) < 4.78 is 61.6. The number of fused-ring (bicyclic) bond motifs is 1. The van der Waals surface area contributed by atoms with Crippen LogP contribution in [-0.4, -0.2) is 30.4 Å².